The predicted molar refractivity (Wildman–Crippen MR) is 72.6 cm³/mol. The van der Waals surface area contributed by atoms with Crippen LogP contribution >= 0.6 is 11.6 Å². The van der Waals surface area contributed by atoms with Gasteiger partial charge in [0.15, 0.2) is 5.78 Å². The SMILES string of the molecule is COc1ccc(C(=O)c2ccc(C)cc2Cl)c(F)c1. The lowest BCUT2D eigenvalue weighted by molar-refractivity contribution is 0.103. The molecule has 2 aromatic rings. The monoisotopic (exact) mass is 278 g/mol. The summed E-state index contributed by atoms with van der Waals surface area (Å²) in [5, 5.41) is 0.320. The van der Waals surface area contributed by atoms with Gasteiger partial charge in [0, 0.05) is 11.6 Å². The normalized spacial score (nSPS) is 10.3. The number of halogens is 2. The Hall–Kier alpha value is -1.87. The van der Waals surface area contributed by atoms with Crippen molar-refractivity contribution in [3.63, 3.8) is 0 Å². The lowest BCUT2D eigenvalue weighted by Crippen LogP contribution is -2.05. The van der Waals surface area contributed by atoms with E-state index in [0.717, 1.165) is 5.56 Å². The van der Waals surface area contributed by atoms with Crippen LogP contribution in [0.4, 0.5) is 4.39 Å². The summed E-state index contributed by atoms with van der Waals surface area (Å²) in [6.07, 6.45) is 0. The zero-order chi connectivity index (χ0) is 14.0. The number of carbonyl (C=O) groups is 1. The van der Waals surface area contributed by atoms with Crippen LogP contribution < -0.4 is 4.74 Å². The zero-order valence-corrected chi connectivity index (χ0v) is 11.3. The second-order valence-electron chi connectivity index (χ2n) is 4.16. The van der Waals surface area contributed by atoms with Crippen LogP contribution in [0.15, 0.2) is 36.4 Å². The molecule has 0 bridgehead atoms. The third-order valence-electron chi connectivity index (χ3n) is 2.79. The van der Waals surface area contributed by atoms with E-state index < -0.39 is 11.6 Å². The van der Waals surface area contributed by atoms with Crippen molar-refractivity contribution in [2.24, 2.45) is 0 Å². The van der Waals surface area contributed by atoms with Crippen molar-refractivity contribution in [3.8, 4) is 5.75 Å². The molecule has 0 fully saturated rings. The molecule has 0 saturated heterocycles. The van der Waals surface area contributed by atoms with Crippen molar-refractivity contribution < 1.29 is 13.9 Å². The highest BCUT2D eigenvalue weighted by atomic mass is 35.5. The van der Waals surface area contributed by atoms with E-state index in [9.17, 15) is 9.18 Å². The molecule has 0 aliphatic rings. The molecule has 2 aromatic carbocycles. The number of hydrogen-bond acceptors (Lipinski definition) is 2. The summed E-state index contributed by atoms with van der Waals surface area (Å²) in [7, 11) is 1.44. The minimum Gasteiger partial charge on any atom is -0.497 e. The highest BCUT2D eigenvalue weighted by Crippen LogP contribution is 2.24. The number of carbonyl (C=O) groups excluding carboxylic acids is 1. The van der Waals surface area contributed by atoms with Gasteiger partial charge in [0.2, 0.25) is 0 Å². The van der Waals surface area contributed by atoms with Crippen LogP contribution in [0.25, 0.3) is 0 Å². The molecule has 2 rings (SSSR count). The van der Waals surface area contributed by atoms with Gasteiger partial charge in [0.1, 0.15) is 11.6 Å². The molecular formula is C15H12ClFO2. The maximum atomic E-state index is 13.8. The molecule has 0 saturated carbocycles. The average Bonchev–Trinajstić information content (AvgIpc) is 2.37. The molecule has 0 atom stereocenters. The maximum Gasteiger partial charge on any atom is 0.197 e. The van der Waals surface area contributed by atoms with Crippen LogP contribution in [0.1, 0.15) is 21.5 Å². The molecule has 2 nitrogen and oxygen atoms in total. The third kappa shape index (κ3) is 2.76. The first-order valence-electron chi connectivity index (χ1n) is 5.67. The fourth-order valence-electron chi connectivity index (χ4n) is 1.76. The van der Waals surface area contributed by atoms with Gasteiger partial charge < -0.3 is 4.74 Å². The summed E-state index contributed by atoms with van der Waals surface area (Å²) in [4.78, 5) is 12.2. The lowest BCUT2D eigenvalue weighted by Gasteiger charge is -2.07. The molecule has 0 aliphatic carbocycles. The summed E-state index contributed by atoms with van der Waals surface area (Å²) in [5.74, 6) is -0.699. The number of ketones is 1. The van der Waals surface area contributed by atoms with Gasteiger partial charge >= 0.3 is 0 Å². The molecule has 4 heteroatoms. The van der Waals surface area contributed by atoms with E-state index in [0.29, 0.717) is 10.8 Å². The van der Waals surface area contributed by atoms with Crippen LogP contribution in [0.2, 0.25) is 5.02 Å². The summed E-state index contributed by atoms with van der Waals surface area (Å²) in [6, 6.07) is 9.15. The van der Waals surface area contributed by atoms with Crippen LogP contribution in [0, 0.1) is 12.7 Å². The van der Waals surface area contributed by atoms with Crippen LogP contribution in [-0.4, -0.2) is 12.9 Å². The van der Waals surface area contributed by atoms with Crippen LogP contribution in [-0.2, 0) is 0 Å². The minimum absolute atomic E-state index is 0.0217. The average molecular weight is 279 g/mol. The van der Waals surface area contributed by atoms with Gasteiger partial charge in [-0.3, -0.25) is 4.79 Å². The molecule has 98 valence electrons. The molecule has 0 amide bonds. The van der Waals surface area contributed by atoms with E-state index in [2.05, 4.69) is 0 Å². The lowest BCUT2D eigenvalue weighted by atomic mass is 10.0. The first-order chi connectivity index (χ1) is 9.02. The Labute approximate surface area is 115 Å². The summed E-state index contributed by atoms with van der Waals surface area (Å²) in [6.45, 7) is 1.87. The van der Waals surface area contributed by atoms with E-state index in [4.69, 9.17) is 16.3 Å². The quantitative estimate of drug-likeness (QED) is 0.793. The Bertz CT molecular complexity index is 638. The van der Waals surface area contributed by atoms with Crippen molar-refractivity contribution >= 4 is 17.4 Å². The van der Waals surface area contributed by atoms with E-state index in [1.807, 2.05) is 6.92 Å². The molecule has 0 N–H and O–H groups in total. The van der Waals surface area contributed by atoms with Gasteiger partial charge in [-0.1, -0.05) is 17.7 Å². The maximum absolute atomic E-state index is 13.8. The van der Waals surface area contributed by atoms with Gasteiger partial charge in [-0.25, -0.2) is 4.39 Å². The van der Waals surface area contributed by atoms with Gasteiger partial charge in [0.25, 0.3) is 0 Å². The fraction of sp³-hybridized carbons (Fsp3) is 0.133. The Morgan fingerprint density at radius 1 is 1.16 bits per heavy atom. The molecule has 0 spiro atoms. The Morgan fingerprint density at radius 2 is 1.84 bits per heavy atom. The Balaban J connectivity index is 2.44. The Morgan fingerprint density at radius 3 is 2.42 bits per heavy atom. The van der Waals surface area contributed by atoms with Crippen molar-refractivity contribution in [3.05, 3.63) is 63.9 Å². The topological polar surface area (TPSA) is 26.3 Å². The van der Waals surface area contributed by atoms with Crippen molar-refractivity contribution in [1.29, 1.82) is 0 Å². The van der Waals surface area contributed by atoms with Crippen molar-refractivity contribution in [1.82, 2.24) is 0 Å². The molecule has 0 heterocycles. The highest BCUT2D eigenvalue weighted by Gasteiger charge is 2.17. The largest absolute Gasteiger partial charge is 0.497 e. The molecular weight excluding hydrogens is 267 g/mol. The number of benzene rings is 2. The summed E-state index contributed by atoms with van der Waals surface area (Å²) >= 11 is 6.02. The highest BCUT2D eigenvalue weighted by molar-refractivity contribution is 6.35. The molecule has 19 heavy (non-hydrogen) atoms. The zero-order valence-electron chi connectivity index (χ0n) is 10.5. The van der Waals surface area contributed by atoms with E-state index in [1.54, 1.807) is 24.3 Å². The minimum atomic E-state index is -0.624. The second kappa shape index (κ2) is 5.41. The molecule has 0 aromatic heterocycles. The van der Waals surface area contributed by atoms with E-state index in [1.165, 1.54) is 19.2 Å². The summed E-state index contributed by atoms with van der Waals surface area (Å²) < 4.78 is 18.7. The van der Waals surface area contributed by atoms with Gasteiger partial charge in [-0.15, -0.1) is 0 Å². The smallest absolute Gasteiger partial charge is 0.197 e. The fourth-order valence-corrected chi connectivity index (χ4v) is 2.08. The van der Waals surface area contributed by atoms with Gasteiger partial charge in [-0.05, 0) is 36.8 Å². The van der Waals surface area contributed by atoms with E-state index >= 15 is 0 Å². The number of ether oxygens (including phenoxy) is 1. The van der Waals surface area contributed by atoms with Crippen molar-refractivity contribution in [2.75, 3.05) is 7.11 Å². The van der Waals surface area contributed by atoms with Crippen LogP contribution in [0.5, 0.6) is 5.75 Å². The predicted octanol–water partition coefficient (Wildman–Crippen LogP) is 4.03. The first-order valence-corrected chi connectivity index (χ1v) is 6.05. The number of aryl methyl sites for hydroxylation is 1. The molecule has 0 radical (unpaired) electrons. The second-order valence-corrected chi connectivity index (χ2v) is 4.57. The molecule has 0 aliphatic heterocycles. The number of hydrogen-bond donors (Lipinski definition) is 0. The van der Waals surface area contributed by atoms with Crippen molar-refractivity contribution in [2.45, 2.75) is 6.92 Å². The molecule has 0 unspecified atom stereocenters. The third-order valence-corrected chi connectivity index (χ3v) is 3.10. The van der Waals surface area contributed by atoms with E-state index in [-0.39, 0.29) is 11.1 Å². The number of methoxy groups -OCH3 is 1. The first kappa shape index (κ1) is 13.6. The standard InChI is InChI=1S/C15H12ClFO2/c1-9-3-5-11(13(16)7-9)15(18)12-6-4-10(19-2)8-14(12)17/h3-8H,1-2H3. The Kier molecular flexibility index (Phi) is 3.86. The van der Waals surface area contributed by atoms with Crippen LogP contribution in [0.3, 0.4) is 0 Å². The number of rotatable bonds is 3. The van der Waals surface area contributed by atoms with Gasteiger partial charge in [-0.2, -0.15) is 0 Å². The van der Waals surface area contributed by atoms with Gasteiger partial charge in [0.05, 0.1) is 17.7 Å². The summed E-state index contributed by atoms with van der Waals surface area (Å²) in [5.41, 5.74) is 1.21.